The Morgan fingerprint density at radius 3 is 2.56 bits per heavy atom. The lowest BCUT2D eigenvalue weighted by molar-refractivity contribution is 0.0752. The van der Waals surface area contributed by atoms with E-state index in [0.717, 1.165) is 29.7 Å². The Hall–Kier alpha value is -3.52. The van der Waals surface area contributed by atoms with E-state index < -0.39 is 10.0 Å². The molecule has 0 saturated heterocycles. The number of hydrogen-bond donors (Lipinski definition) is 0. The summed E-state index contributed by atoms with van der Waals surface area (Å²) in [4.78, 5) is 15.0. The number of hydrogen-bond acceptors (Lipinski definition) is 5. The highest BCUT2D eigenvalue weighted by Gasteiger charge is 2.29. The van der Waals surface area contributed by atoms with Crippen molar-refractivity contribution in [2.45, 2.75) is 31.2 Å². The van der Waals surface area contributed by atoms with Gasteiger partial charge in [0.25, 0.3) is 15.9 Å². The average molecular weight is 479 g/mol. The number of carbonyl (C=O) groups excluding carboxylic acids is 1. The number of ether oxygens (including phenoxy) is 2. The molecule has 0 radical (unpaired) electrons. The van der Waals surface area contributed by atoms with Crippen LogP contribution in [0, 0.1) is 0 Å². The first-order valence-electron chi connectivity index (χ1n) is 11.4. The van der Waals surface area contributed by atoms with Gasteiger partial charge in [-0.2, -0.15) is 0 Å². The number of anilines is 1. The molecule has 8 heteroatoms. The fourth-order valence-electron chi connectivity index (χ4n) is 4.41. The highest BCUT2D eigenvalue weighted by atomic mass is 32.2. The van der Waals surface area contributed by atoms with Gasteiger partial charge < -0.3 is 14.4 Å². The van der Waals surface area contributed by atoms with Gasteiger partial charge in [0.05, 0.1) is 10.6 Å². The number of rotatable bonds is 6. The summed E-state index contributed by atoms with van der Waals surface area (Å²) < 4.78 is 39.0. The van der Waals surface area contributed by atoms with Crippen LogP contribution in [0.5, 0.6) is 11.5 Å². The van der Waals surface area contributed by atoms with E-state index >= 15 is 0 Å². The molecule has 7 nitrogen and oxygen atoms in total. The number of carbonyl (C=O) groups is 1. The SMILES string of the molecule is CCN(Cc1ccc2c(c1)OCO2)C(=O)c1ccc(S(=O)(=O)N2CCCc3ccccc32)cc1. The van der Waals surface area contributed by atoms with E-state index in [1.807, 2.05) is 49.4 Å². The lowest BCUT2D eigenvalue weighted by Crippen LogP contribution is -2.35. The van der Waals surface area contributed by atoms with E-state index in [9.17, 15) is 13.2 Å². The lowest BCUT2D eigenvalue weighted by Gasteiger charge is -2.30. The summed E-state index contributed by atoms with van der Waals surface area (Å²) in [5.74, 6) is 1.22. The minimum Gasteiger partial charge on any atom is -0.454 e. The normalized spacial score (nSPS) is 14.6. The first kappa shape index (κ1) is 22.3. The second kappa shape index (κ2) is 9.02. The number of fused-ring (bicyclic) bond motifs is 2. The van der Waals surface area contributed by atoms with Gasteiger partial charge >= 0.3 is 0 Å². The fourth-order valence-corrected chi connectivity index (χ4v) is 5.96. The van der Waals surface area contributed by atoms with Crippen LogP contribution in [0.25, 0.3) is 0 Å². The highest BCUT2D eigenvalue weighted by Crippen LogP contribution is 2.33. The summed E-state index contributed by atoms with van der Waals surface area (Å²) >= 11 is 0. The third kappa shape index (κ3) is 4.09. The molecule has 0 N–H and O–H groups in total. The van der Waals surface area contributed by atoms with Crippen LogP contribution in [0.15, 0.2) is 71.6 Å². The number of nitrogens with zero attached hydrogens (tertiary/aromatic N) is 2. The summed E-state index contributed by atoms with van der Waals surface area (Å²) in [6.07, 6.45) is 1.64. The van der Waals surface area contributed by atoms with Crippen LogP contribution in [-0.4, -0.2) is 39.1 Å². The predicted octanol–water partition coefficient (Wildman–Crippen LogP) is 4.22. The number of sulfonamides is 1. The molecule has 0 saturated carbocycles. The number of benzene rings is 3. The Kier molecular flexibility index (Phi) is 5.91. The number of amides is 1. The maximum Gasteiger partial charge on any atom is 0.264 e. The van der Waals surface area contributed by atoms with Crippen molar-refractivity contribution in [1.29, 1.82) is 0 Å². The average Bonchev–Trinajstić information content (AvgIpc) is 3.34. The molecule has 0 spiro atoms. The molecule has 2 aliphatic rings. The van der Waals surface area contributed by atoms with E-state index in [2.05, 4.69) is 0 Å². The summed E-state index contributed by atoms with van der Waals surface area (Å²) in [6.45, 7) is 3.48. The maximum absolute atomic E-state index is 13.4. The van der Waals surface area contributed by atoms with E-state index in [0.29, 0.717) is 36.7 Å². The van der Waals surface area contributed by atoms with Crippen molar-refractivity contribution in [3.8, 4) is 11.5 Å². The molecule has 2 aliphatic heterocycles. The van der Waals surface area contributed by atoms with Crippen molar-refractivity contribution in [2.24, 2.45) is 0 Å². The smallest absolute Gasteiger partial charge is 0.264 e. The Morgan fingerprint density at radius 1 is 1.00 bits per heavy atom. The first-order valence-corrected chi connectivity index (χ1v) is 12.8. The molecular weight excluding hydrogens is 452 g/mol. The van der Waals surface area contributed by atoms with E-state index in [1.165, 1.54) is 16.4 Å². The van der Waals surface area contributed by atoms with Crippen LogP contribution in [-0.2, 0) is 23.0 Å². The molecule has 0 fully saturated rings. The quantitative estimate of drug-likeness (QED) is 0.530. The van der Waals surface area contributed by atoms with Crippen LogP contribution in [0.4, 0.5) is 5.69 Å². The maximum atomic E-state index is 13.4. The van der Waals surface area contributed by atoms with Crippen molar-refractivity contribution in [3.63, 3.8) is 0 Å². The van der Waals surface area contributed by atoms with Crippen LogP contribution in [0.2, 0.25) is 0 Å². The van der Waals surface area contributed by atoms with Crippen molar-refractivity contribution in [2.75, 3.05) is 24.2 Å². The van der Waals surface area contributed by atoms with Crippen LogP contribution in [0.1, 0.15) is 34.8 Å². The number of para-hydroxylation sites is 1. The summed E-state index contributed by atoms with van der Waals surface area (Å²) in [7, 11) is -3.72. The predicted molar refractivity (Wildman–Crippen MR) is 129 cm³/mol. The van der Waals surface area contributed by atoms with Gasteiger partial charge in [-0.25, -0.2) is 8.42 Å². The van der Waals surface area contributed by atoms with E-state index in [4.69, 9.17) is 9.47 Å². The fraction of sp³-hybridized carbons (Fsp3) is 0.269. The summed E-state index contributed by atoms with van der Waals surface area (Å²) in [5, 5.41) is 0. The molecule has 0 aromatic heterocycles. The molecule has 0 unspecified atom stereocenters. The minimum absolute atomic E-state index is 0.160. The molecular formula is C26H26N2O5S. The molecule has 2 heterocycles. The molecule has 3 aromatic rings. The Bertz CT molecular complexity index is 1320. The van der Waals surface area contributed by atoms with Crippen LogP contribution >= 0.6 is 0 Å². The third-order valence-corrected chi connectivity index (χ3v) is 8.06. The van der Waals surface area contributed by atoms with Crippen molar-refractivity contribution < 1.29 is 22.7 Å². The van der Waals surface area contributed by atoms with Gasteiger partial charge in [0.1, 0.15) is 0 Å². The van der Waals surface area contributed by atoms with Gasteiger partial charge in [-0.05, 0) is 73.4 Å². The van der Waals surface area contributed by atoms with Crippen molar-refractivity contribution >= 4 is 21.6 Å². The molecule has 0 atom stereocenters. The van der Waals surface area contributed by atoms with Gasteiger partial charge in [0, 0.05) is 25.2 Å². The zero-order valence-corrected chi connectivity index (χ0v) is 19.8. The Morgan fingerprint density at radius 2 is 1.76 bits per heavy atom. The highest BCUT2D eigenvalue weighted by molar-refractivity contribution is 7.92. The van der Waals surface area contributed by atoms with Gasteiger partial charge in [0.2, 0.25) is 6.79 Å². The van der Waals surface area contributed by atoms with Gasteiger partial charge in [-0.15, -0.1) is 0 Å². The molecule has 1 amide bonds. The largest absolute Gasteiger partial charge is 0.454 e. The van der Waals surface area contributed by atoms with Crippen molar-refractivity contribution in [3.05, 3.63) is 83.4 Å². The Balaban J connectivity index is 1.34. The minimum atomic E-state index is -3.72. The van der Waals surface area contributed by atoms with Crippen LogP contribution in [0.3, 0.4) is 0 Å². The zero-order chi connectivity index (χ0) is 23.7. The molecule has 34 heavy (non-hydrogen) atoms. The summed E-state index contributed by atoms with van der Waals surface area (Å²) in [5.41, 5.74) is 3.14. The topological polar surface area (TPSA) is 76.1 Å². The second-order valence-corrected chi connectivity index (χ2v) is 10.2. The monoisotopic (exact) mass is 478 g/mol. The molecule has 176 valence electrons. The molecule has 5 rings (SSSR count). The summed E-state index contributed by atoms with van der Waals surface area (Å²) in [6, 6.07) is 19.5. The van der Waals surface area contributed by atoms with E-state index in [1.54, 1.807) is 17.0 Å². The first-order chi connectivity index (χ1) is 16.5. The van der Waals surface area contributed by atoms with E-state index in [-0.39, 0.29) is 17.6 Å². The third-order valence-electron chi connectivity index (χ3n) is 6.24. The van der Waals surface area contributed by atoms with Crippen molar-refractivity contribution in [1.82, 2.24) is 4.90 Å². The lowest BCUT2D eigenvalue weighted by atomic mass is 10.0. The standard InChI is InChI=1S/C26H26N2O5S/c1-2-27(17-19-9-14-24-25(16-19)33-18-32-24)26(29)21-10-12-22(13-11-21)34(30,31)28-15-5-7-20-6-3-4-8-23(20)28/h3-4,6,8-14,16H,2,5,7,15,17-18H2,1H3. The van der Waals surface area contributed by atoms with Gasteiger partial charge in [0.15, 0.2) is 11.5 Å². The number of aryl methyl sites for hydroxylation is 1. The van der Waals surface area contributed by atoms with Gasteiger partial charge in [-0.3, -0.25) is 9.10 Å². The van der Waals surface area contributed by atoms with Gasteiger partial charge in [-0.1, -0.05) is 24.3 Å². The van der Waals surface area contributed by atoms with Crippen LogP contribution < -0.4 is 13.8 Å². The molecule has 0 bridgehead atoms. The molecule has 0 aliphatic carbocycles. The molecule has 3 aromatic carbocycles. The zero-order valence-electron chi connectivity index (χ0n) is 18.9. The second-order valence-electron chi connectivity index (χ2n) is 8.34. The Labute approximate surface area is 199 Å².